The lowest BCUT2D eigenvalue weighted by atomic mass is 9.98. The van der Waals surface area contributed by atoms with Gasteiger partial charge in [0.1, 0.15) is 0 Å². The van der Waals surface area contributed by atoms with Crippen molar-refractivity contribution in [3.63, 3.8) is 0 Å². The maximum Gasteiger partial charge on any atom is 0.255 e. The Hall–Kier alpha value is -2.76. The zero-order valence-electron chi connectivity index (χ0n) is 17.0. The van der Waals surface area contributed by atoms with Crippen molar-refractivity contribution in [1.82, 2.24) is 9.88 Å². The summed E-state index contributed by atoms with van der Waals surface area (Å²) in [7, 11) is 3.26. The number of nitrogens with zero attached hydrogens (tertiary/aromatic N) is 2. The SMILES string of the molecule is CCCCCNc1cncc(C(=O)N2CCc3cc(OC)c(OC)cc3C2)c1. The summed E-state index contributed by atoms with van der Waals surface area (Å²) in [6.45, 7) is 4.31. The Labute approximate surface area is 166 Å². The van der Waals surface area contributed by atoms with Gasteiger partial charge in [0.05, 0.1) is 25.5 Å². The van der Waals surface area contributed by atoms with Crippen molar-refractivity contribution >= 4 is 11.6 Å². The van der Waals surface area contributed by atoms with Crippen LogP contribution in [0.1, 0.15) is 47.7 Å². The van der Waals surface area contributed by atoms with Crippen molar-refractivity contribution in [3.8, 4) is 11.5 Å². The summed E-state index contributed by atoms with van der Waals surface area (Å²) in [5.74, 6) is 1.42. The molecule has 0 spiro atoms. The molecule has 0 radical (unpaired) electrons. The molecule has 1 aliphatic rings. The molecular weight excluding hydrogens is 354 g/mol. The third-order valence-electron chi connectivity index (χ3n) is 5.10. The van der Waals surface area contributed by atoms with E-state index >= 15 is 0 Å². The maximum absolute atomic E-state index is 13.0. The largest absolute Gasteiger partial charge is 0.493 e. The summed E-state index contributed by atoms with van der Waals surface area (Å²) < 4.78 is 10.8. The molecule has 1 aromatic heterocycles. The Morgan fingerprint density at radius 3 is 2.57 bits per heavy atom. The fraction of sp³-hybridized carbons (Fsp3) is 0.455. The van der Waals surface area contributed by atoms with Crippen LogP contribution in [0.4, 0.5) is 5.69 Å². The van der Waals surface area contributed by atoms with E-state index in [0.29, 0.717) is 24.4 Å². The van der Waals surface area contributed by atoms with Gasteiger partial charge in [0.25, 0.3) is 5.91 Å². The Bertz CT molecular complexity index is 823. The number of methoxy groups -OCH3 is 2. The number of pyridine rings is 1. The molecule has 1 amide bonds. The van der Waals surface area contributed by atoms with Crippen molar-refractivity contribution in [2.75, 3.05) is 32.6 Å². The number of aromatic nitrogens is 1. The van der Waals surface area contributed by atoms with Crippen LogP contribution in [-0.2, 0) is 13.0 Å². The minimum absolute atomic E-state index is 0.00476. The summed E-state index contributed by atoms with van der Waals surface area (Å²) in [6, 6.07) is 5.88. The van der Waals surface area contributed by atoms with Crippen LogP contribution in [0.3, 0.4) is 0 Å². The van der Waals surface area contributed by atoms with Gasteiger partial charge in [0.15, 0.2) is 11.5 Å². The fourth-order valence-electron chi connectivity index (χ4n) is 3.50. The molecule has 6 nitrogen and oxygen atoms in total. The lowest BCUT2D eigenvalue weighted by Crippen LogP contribution is -2.36. The van der Waals surface area contributed by atoms with Crippen LogP contribution in [0.15, 0.2) is 30.6 Å². The zero-order chi connectivity index (χ0) is 19.9. The molecule has 0 saturated carbocycles. The number of hydrogen-bond acceptors (Lipinski definition) is 5. The van der Waals surface area contributed by atoms with E-state index < -0.39 is 0 Å². The summed E-state index contributed by atoms with van der Waals surface area (Å²) >= 11 is 0. The van der Waals surface area contributed by atoms with Gasteiger partial charge in [-0.1, -0.05) is 19.8 Å². The molecular formula is C22H29N3O3. The second-order valence-electron chi connectivity index (χ2n) is 7.05. The van der Waals surface area contributed by atoms with Crippen LogP contribution in [0, 0.1) is 0 Å². The predicted molar refractivity (Wildman–Crippen MR) is 110 cm³/mol. The molecule has 0 unspecified atom stereocenters. The highest BCUT2D eigenvalue weighted by Crippen LogP contribution is 2.33. The summed E-state index contributed by atoms with van der Waals surface area (Å²) in [4.78, 5) is 19.1. The summed E-state index contributed by atoms with van der Waals surface area (Å²) in [6.07, 6.45) is 7.70. The van der Waals surface area contributed by atoms with Gasteiger partial charge in [-0.05, 0) is 42.2 Å². The number of anilines is 1. The molecule has 0 fully saturated rings. The number of fused-ring (bicyclic) bond motifs is 1. The number of nitrogens with one attached hydrogen (secondary N) is 1. The van der Waals surface area contributed by atoms with Crippen LogP contribution in [-0.4, -0.2) is 43.1 Å². The highest BCUT2D eigenvalue weighted by molar-refractivity contribution is 5.94. The number of hydrogen-bond donors (Lipinski definition) is 1. The Balaban J connectivity index is 1.70. The van der Waals surface area contributed by atoms with Gasteiger partial charge >= 0.3 is 0 Å². The lowest BCUT2D eigenvalue weighted by Gasteiger charge is -2.29. The first-order valence-electron chi connectivity index (χ1n) is 9.88. The quantitative estimate of drug-likeness (QED) is 0.701. The van der Waals surface area contributed by atoms with Gasteiger partial charge in [-0.2, -0.15) is 0 Å². The molecule has 2 aromatic rings. The second kappa shape index (κ2) is 9.44. The van der Waals surface area contributed by atoms with Gasteiger partial charge < -0.3 is 19.7 Å². The molecule has 28 heavy (non-hydrogen) atoms. The van der Waals surface area contributed by atoms with Gasteiger partial charge in [-0.15, -0.1) is 0 Å². The van der Waals surface area contributed by atoms with Gasteiger partial charge in [-0.25, -0.2) is 0 Å². The fourth-order valence-corrected chi connectivity index (χ4v) is 3.50. The van der Waals surface area contributed by atoms with E-state index in [0.717, 1.165) is 36.4 Å². The molecule has 0 bridgehead atoms. The third-order valence-corrected chi connectivity index (χ3v) is 5.10. The number of carbonyl (C=O) groups excluding carboxylic acids is 1. The van der Waals surface area contributed by atoms with Gasteiger partial charge in [-0.3, -0.25) is 9.78 Å². The molecule has 3 rings (SSSR count). The van der Waals surface area contributed by atoms with E-state index in [9.17, 15) is 4.79 Å². The van der Waals surface area contributed by atoms with Crippen molar-refractivity contribution in [1.29, 1.82) is 0 Å². The third kappa shape index (κ3) is 4.55. The van der Waals surface area contributed by atoms with E-state index in [1.54, 1.807) is 26.6 Å². The number of benzene rings is 1. The first-order valence-corrected chi connectivity index (χ1v) is 9.88. The normalized spacial score (nSPS) is 13.0. The first kappa shape index (κ1) is 20.0. The molecule has 0 saturated heterocycles. The number of amides is 1. The summed E-state index contributed by atoms with van der Waals surface area (Å²) in [5.41, 5.74) is 3.81. The minimum atomic E-state index is 0.00476. The van der Waals surface area contributed by atoms with E-state index in [4.69, 9.17) is 9.47 Å². The Morgan fingerprint density at radius 1 is 1.11 bits per heavy atom. The summed E-state index contributed by atoms with van der Waals surface area (Å²) in [5, 5.41) is 3.36. The topological polar surface area (TPSA) is 63.7 Å². The molecule has 2 heterocycles. The number of rotatable bonds is 8. The highest BCUT2D eigenvalue weighted by Gasteiger charge is 2.24. The van der Waals surface area contributed by atoms with Crippen molar-refractivity contribution in [2.45, 2.75) is 39.2 Å². The van der Waals surface area contributed by atoms with Crippen molar-refractivity contribution in [2.24, 2.45) is 0 Å². The molecule has 1 N–H and O–H groups in total. The first-order chi connectivity index (χ1) is 13.7. The highest BCUT2D eigenvalue weighted by atomic mass is 16.5. The van der Waals surface area contributed by atoms with E-state index in [-0.39, 0.29) is 5.91 Å². The van der Waals surface area contributed by atoms with Crippen LogP contribution < -0.4 is 14.8 Å². The van der Waals surface area contributed by atoms with E-state index in [1.165, 1.54) is 18.4 Å². The molecule has 0 aliphatic carbocycles. The molecule has 6 heteroatoms. The Morgan fingerprint density at radius 2 is 1.86 bits per heavy atom. The monoisotopic (exact) mass is 383 g/mol. The van der Waals surface area contributed by atoms with Crippen LogP contribution in [0.25, 0.3) is 0 Å². The van der Waals surface area contributed by atoms with Crippen molar-refractivity contribution < 1.29 is 14.3 Å². The van der Waals surface area contributed by atoms with Gasteiger partial charge in [0, 0.05) is 32.0 Å². The van der Waals surface area contributed by atoms with Crippen LogP contribution >= 0.6 is 0 Å². The molecule has 1 aromatic carbocycles. The maximum atomic E-state index is 13.0. The molecule has 0 atom stereocenters. The van der Waals surface area contributed by atoms with Gasteiger partial charge in [0.2, 0.25) is 0 Å². The van der Waals surface area contributed by atoms with Crippen LogP contribution in [0.5, 0.6) is 11.5 Å². The molecule has 150 valence electrons. The molecule has 1 aliphatic heterocycles. The predicted octanol–water partition coefficient (Wildman–Crippen LogP) is 3.90. The minimum Gasteiger partial charge on any atom is -0.493 e. The zero-order valence-corrected chi connectivity index (χ0v) is 17.0. The number of carbonyl (C=O) groups is 1. The number of ether oxygens (including phenoxy) is 2. The standard InChI is InChI=1S/C22H29N3O3/c1-4-5-6-8-24-19-10-17(13-23-14-19)22(26)25-9-7-16-11-20(27-2)21(28-3)12-18(16)15-25/h10-14,24H,4-9,15H2,1-3H3. The second-order valence-corrected chi connectivity index (χ2v) is 7.05. The lowest BCUT2D eigenvalue weighted by molar-refractivity contribution is 0.0734. The van der Waals surface area contributed by atoms with E-state index in [2.05, 4.69) is 17.2 Å². The average molecular weight is 383 g/mol. The smallest absolute Gasteiger partial charge is 0.255 e. The average Bonchev–Trinajstić information content (AvgIpc) is 2.75. The van der Waals surface area contributed by atoms with Crippen LogP contribution in [0.2, 0.25) is 0 Å². The van der Waals surface area contributed by atoms with Crippen molar-refractivity contribution in [3.05, 3.63) is 47.3 Å². The number of unbranched alkanes of at least 4 members (excludes halogenated alkanes) is 2. The van der Waals surface area contributed by atoms with E-state index in [1.807, 2.05) is 23.1 Å². The Kier molecular flexibility index (Phi) is 6.74.